The number of amidine groups is 1. The fourth-order valence-electron chi connectivity index (χ4n) is 4.01. The maximum atomic E-state index is 14.9. The van der Waals surface area contributed by atoms with Crippen LogP contribution in [0.25, 0.3) is 6.08 Å². The first-order valence-corrected chi connectivity index (χ1v) is 12.7. The topological polar surface area (TPSA) is 93.0 Å². The summed E-state index contributed by atoms with van der Waals surface area (Å²) >= 11 is 18.7. The maximum absolute atomic E-state index is 14.9. The van der Waals surface area contributed by atoms with E-state index in [4.69, 9.17) is 40.5 Å². The van der Waals surface area contributed by atoms with E-state index in [1.54, 1.807) is 26.3 Å². The Kier molecular flexibility index (Phi) is 8.06. The van der Waals surface area contributed by atoms with Crippen molar-refractivity contribution in [2.45, 2.75) is 19.8 Å². The number of aromatic nitrogens is 1. The van der Waals surface area contributed by atoms with Gasteiger partial charge in [0.15, 0.2) is 17.4 Å². The first-order valence-electron chi connectivity index (χ1n) is 11.6. The fraction of sp³-hybridized carbons (Fsp3) is 0.185. The molecule has 1 aliphatic carbocycles. The largest absolute Gasteiger partial charge is 0.396 e. The summed E-state index contributed by atoms with van der Waals surface area (Å²) in [4.78, 5) is 31.8. The molecule has 0 aliphatic heterocycles. The normalized spacial score (nSPS) is 13.7. The summed E-state index contributed by atoms with van der Waals surface area (Å²) in [6, 6.07) is 7.04. The number of hydrogen-bond donors (Lipinski definition) is 1. The van der Waals surface area contributed by atoms with E-state index in [1.165, 1.54) is 46.1 Å². The van der Waals surface area contributed by atoms with Crippen molar-refractivity contribution in [3.63, 3.8) is 0 Å². The molecule has 0 amide bonds. The van der Waals surface area contributed by atoms with Gasteiger partial charge in [0.1, 0.15) is 5.82 Å². The molecular weight excluding hydrogens is 552 g/mol. The van der Waals surface area contributed by atoms with Gasteiger partial charge in [0.05, 0.1) is 32.4 Å². The number of halogens is 4. The molecule has 1 aliphatic rings. The third-order valence-electron chi connectivity index (χ3n) is 5.93. The highest BCUT2D eigenvalue weighted by Crippen LogP contribution is 2.36. The van der Waals surface area contributed by atoms with E-state index >= 15 is 0 Å². The quantitative estimate of drug-likeness (QED) is 0.108. The van der Waals surface area contributed by atoms with Crippen molar-refractivity contribution in [2.75, 3.05) is 17.8 Å². The van der Waals surface area contributed by atoms with Gasteiger partial charge in [-0.25, -0.2) is 14.4 Å². The molecule has 0 saturated heterocycles. The molecule has 0 bridgehead atoms. The standard InChI is InChI=1S/C27H23Cl3FN5O2/c1-4-16-18(24(37)17-11-15(28)12-21(32)23(17)31)13-36(27(38)22-19(29)7-6-8-20(22)30)26(16)35(3)34-25(33-5-2)14-9-10-14/h4-8,11-14H,1,9-10,32H2,2-3H3/b33-5?,34-25-. The number of nitrogens with two attached hydrogens (primary N) is 1. The Morgan fingerprint density at radius 2 is 1.84 bits per heavy atom. The van der Waals surface area contributed by atoms with Gasteiger partial charge in [0.2, 0.25) is 0 Å². The summed E-state index contributed by atoms with van der Waals surface area (Å²) in [5, 5.41) is 6.36. The Morgan fingerprint density at radius 3 is 2.42 bits per heavy atom. The average Bonchev–Trinajstić information content (AvgIpc) is 3.64. The minimum Gasteiger partial charge on any atom is -0.396 e. The average molecular weight is 575 g/mol. The van der Waals surface area contributed by atoms with Crippen LogP contribution in [0.3, 0.4) is 0 Å². The zero-order chi connectivity index (χ0) is 27.7. The molecule has 7 nitrogen and oxygen atoms in total. The van der Waals surface area contributed by atoms with Gasteiger partial charge in [-0.2, -0.15) is 5.10 Å². The van der Waals surface area contributed by atoms with Gasteiger partial charge >= 0.3 is 0 Å². The first kappa shape index (κ1) is 27.6. The van der Waals surface area contributed by atoms with Crippen LogP contribution in [0.15, 0.2) is 53.2 Å². The van der Waals surface area contributed by atoms with E-state index in [9.17, 15) is 14.0 Å². The molecule has 196 valence electrons. The van der Waals surface area contributed by atoms with Crippen LogP contribution in [0.4, 0.5) is 15.9 Å². The highest BCUT2D eigenvalue weighted by atomic mass is 35.5. The molecule has 0 radical (unpaired) electrons. The highest BCUT2D eigenvalue weighted by molar-refractivity contribution is 6.40. The van der Waals surface area contributed by atoms with E-state index in [0.717, 1.165) is 12.8 Å². The van der Waals surface area contributed by atoms with E-state index in [-0.39, 0.29) is 54.7 Å². The van der Waals surface area contributed by atoms with E-state index in [1.807, 2.05) is 0 Å². The third kappa shape index (κ3) is 5.25. The van der Waals surface area contributed by atoms with E-state index in [2.05, 4.69) is 16.7 Å². The Bertz CT molecular complexity index is 1510. The van der Waals surface area contributed by atoms with Gasteiger partial charge < -0.3 is 5.73 Å². The van der Waals surface area contributed by atoms with Gasteiger partial charge in [-0.05, 0) is 44.0 Å². The van der Waals surface area contributed by atoms with Crippen LogP contribution < -0.4 is 10.7 Å². The van der Waals surface area contributed by atoms with Crippen LogP contribution >= 0.6 is 34.8 Å². The van der Waals surface area contributed by atoms with Crippen LogP contribution in [0.1, 0.15) is 51.6 Å². The zero-order valence-electron chi connectivity index (χ0n) is 20.5. The van der Waals surface area contributed by atoms with Crippen molar-refractivity contribution < 1.29 is 14.0 Å². The molecule has 0 spiro atoms. The Labute approximate surface area is 234 Å². The number of ketones is 1. The van der Waals surface area contributed by atoms with Gasteiger partial charge in [0.25, 0.3) is 5.91 Å². The van der Waals surface area contributed by atoms with Crippen LogP contribution in [0, 0.1) is 11.7 Å². The van der Waals surface area contributed by atoms with E-state index < -0.39 is 17.5 Å². The number of carbonyl (C=O) groups excluding carboxylic acids is 2. The minimum atomic E-state index is -0.927. The predicted molar refractivity (Wildman–Crippen MR) is 153 cm³/mol. The molecule has 2 aromatic carbocycles. The Hall–Kier alpha value is -3.46. The predicted octanol–water partition coefficient (Wildman–Crippen LogP) is 6.98. The molecule has 1 heterocycles. The molecule has 3 aromatic rings. The molecule has 4 rings (SSSR count). The number of aliphatic imine (C=N–C) groups is 1. The lowest BCUT2D eigenvalue weighted by Gasteiger charge is -2.19. The second kappa shape index (κ2) is 11.1. The van der Waals surface area contributed by atoms with Gasteiger partial charge in [-0.3, -0.25) is 14.2 Å². The lowest BCUT2D eigenvalue weighted by molar-refractivity contribution is 0.0962. The fourth-order valence-corrected chi connectivity index (χ4v) is 4.79. The number of rotatable bonds is 7. The van der Waals surface area contributed by atoms with Gasteiger partial charge in [-0.1, -0.05) is 53.5 Å². The number of nitrogens with zero attached hydrogens (tertiary/aromatic N) is 4. The summed E-state index contributed by atoms with van der Waals surface area (Å²) in [6.45, 7) is 5.61. The maximum Gasteiger partial charge on any atom is 0.266 e. The lowest BCUT2D eigenvalue weighted by Crippen LogP contribution is -2.22. The van der Waals surface area contributed by atoms with Crippen molar-refractivity contribution in [2.24, 2.45) is 16.0 Å². The summed E-state index contributed by atoms with van der Waals surface area (Å²) in [7, 11) is 1.61. The molecule has 11 heteroatoms. The molecule has 0 unspecified atom stereocenters. The number of hydrogen-bond acceptors (Lipinski definition) is 5. The number of anilines is 2. The summed E-state index contributed by atoms with van der Waals surface area (Å²) < 4.78 is 16.1. The second-order valence-corrected chi connectivity index (χ2v) is 9.84. The minimum absolute atomic E-state index is 0.0197. The monoisotopic (exact) mass is 573 g/mol. The molecule has 1 fully saturated rings. The van der Waals surface area contributed by atoms with Crippen LogP contribution in [-0.4, -0.2) is 35.4 Å². The molecule has 38 heavy (non-hydrogen) atoms. The molecule has 1 saturated carbocycles. The molecule has 0 atom stereocenters. The summed E-state index contributed by atoms with van der Waals surface area (Å²) in [6.07, 6.45) is 6.17. The van der Waals surface area contributed by atoms with Crippen molar-refractivity contribution in [3.8, 4) is 0 Å². The Balaban J connectivity index is 1.96. The van der Waals surface area contributed by atoms with E-state index in [0.29, 0.717) is 5.84 Å². The number of carbonyl (C=O) groups is 2. The summed E-state index contributed by atoms with van der Waals surface area (Å²) in [5.41, 5.74) is 5.29. The van der Waals surface area contributed by atoms with Crippen molar-refractivity contribution >= 4 is 76.1 Å². The smallest absolute Gasteiger partial charge is 0.266 e. The van der Waals surface area contributed by atoms with Crippen LogP contribution in [0.5, 0.6) is 0 Å². The number of benzene rings is 2. The molecule has 1 aromatic heterocycles. The van der Waals surface area contributed by atoms with Crippen molar-refractivity contribution in [1.29, 1.82) is 0 Å². The third-order valence-corrected chi connectivity index (χ3v) is 6.78. The van der Waals surface area contributed by atoms with Crippen molar-refractivity contribution in [1.82, 2.24) is 4.57 Å². The SMILES string of the molecule is C=Cc1c(C(=O)c2cc(Cl)cc(N)c2F)cn(C(=O)c2c(Cl)cccc2Cl)c1N(C)/N=C(\N=CC)C1CC1. The Morgan fingerprint density at radius 1 is 1.18 bits per heavy atom. The zero-order valence-corrected chi connectivity index (χ0v) is 22.8. The van der Waals surface area contributed by atoms with Crippen LogP contribution in [0.2, 0.25) is 15.1 Å². The number of nitrogen functional groups attached to an aromatic ring is 1. The molecule has 2 N–H and O–H groups in total. The van der Waals surface area contributed by atoms with Crippen LogP contribution in [-0.2, 0) is 0 Å². The first-order chi connectivity index (χ1) is 18.1. The lowest BCUT2D eigenvalue weighted by atomic mass is 10.0. The number of hydrazone groups is 1. The summed E-state index contributed by atoms with van der Waals surface area (Å²) in [5.74, 6) is -1.37. The highest BCUT2D eigenvalue weighted by Gasteiger charge is 2.31. The second-order valence-electron chi connectivity index (χ2n) is 8.59. The van der Waals surface area contributed by atoms with Gasteiger partial charge in [0, 0.05) is 36.0 Å². The molecular formula is C27H23Cl3FN5O2. The van der Waals surface area contributed by atoms with Gasteiger partial charge in [-0.15, -0.1) is 0 Å². The van der Waals surface area contributed by atoms with Crippen molar-refractivity contribution in [3.05, 3.63) is 86.2 Å².